The molecule has 0 amide bonds. The molecule has 94 valence electrons. The monoisotopic (exact) mass is 269 g/mol. The Labute approximate surface area is 116 Å². The number of halogens is 1. The van der Waals surface area contributed by atoms with E-state index in [9.17, 15) is 0 Å². The second-order valence-electron chi connectivity index (χ2n) is 4.88. The van der Waals surface area contributed by atoms with Gasteiger partial charge in [-0.3, -0.25) is 0 Å². The number of furan rings is 1. The molecule has 2 aliphatic rings. The topological polar surface area (TPSA) is 16.4 Å². The maximum Gasteiger partial charge on any atom is 0.155 e. The van der Waals surface area contributed by atoms with Gasteiger partial charge in [0.15, 0.2) is 11.3 Å². The second-order valence-corrected chi connectivity index (χ2v) is 5.28. The highest BCUT2D eigenvalue weighted by atomic mass is 35.5. The van der Waals surface area contributed by atoms with Crippen molar-refractivity contribution in [3.63, 3.8) is 0 Å². The van der Waals surface area contributed by atoms with Crippen LogP contribution in [0.3, 0.4) is 0 Å². The van der Waals surface area contributed by atoms with Gasteiger partial charge < -0.3 is 9.32 Å². The number of hydrogen-bond acceptors (Lipinski definition) is 2. The molecule has 1 aromatic carbocycles. The van der Waals surface area contributed by atoms with Crippen LogP contribution in [0.15, 0.2) is 52.5 Å². The van der Waals surface area contributed by atoms with E-state index in [0.29, 0.717) is 5.02 Å². The molecule has 0 saturated heterocycles. The Morgan fingerprint density at radius 2 is 2.16 bits per heavy atom. The number of rotatable bonds is 0. The molecule has 0 radical (unpaired) electrons. The SMILES string of the molecule is CN1c2c(oc3c(Cl)cccc23)C=C2C=CC=CC21. The molecule has 3 heteroatoms. The fourth-order valence-electron chi connectivity index (χ4n) is 2.87. The zero-order chi connectivity index (χ0) is 13.0. The van der Waals surface area contributed by atoms with Crippen LogP contribution in [0.25, 0.3) is 17.0 Å². The summed E-state index contributed by atoms with van der Waals surface area (Å²) < 4.78 is 5.93. The maximum absolute atomic E-state index is 6.22. The van der Waals surface area contributed by atoms with Crippen LogP contribution < -0.4 is 4.90 Å². The number of benzene rings is 1. The van der Waals surface area contributed by atoms with Gasteiger partial charge >= 0.3 is 0 Å². The number of nitrogens with zero attached hydrogens (tertiary/aromatic N) is 1. The van der Waals surface area contributed by atoms with Gasteiger partial charge in [-0.15, -0.1) is 0 Å². The summed E-state index contributed by atoms with van der Waals surface area (Å²) in [6.07, 6.45) is 10.6. The Balaban J connectivity index is 2.05. The first-order valence-corrected chi connectivity index (χ1v) is 6.64. The molecule has 0 bridgehead atoms. The van der Waals surface area contributed by atoms with Gasteiger partial charge in [0.05, 0.1) is 16.8 Å². The van der Waals surface area contributed by atoms with Crippen molar-refractivity contribution in [3.8, 4) is 0 Å². The third-order valence-corrected chi connectivity index (χ3v) is 4.07. The van der Waals surface area contributed by atoms with Gasteiger partial charge in [0, 0.05) is 12.4 Å². The van der Waals surface area contributed by atoms with Crippen molar-refractivity contribution < 1.29 is 4.42 Å². The molecule has 4 rings (SSSR count). The van der Waals surface area contributed by atoms with Gasteiger partial charge in [0.1, 0.15) is 0 Å². The fourth-order valence-corrected chi connectivity index (χ4v) is 3.09. The molecular weight excluding hydrogens is 258 g/mol. The minimum Gasteiger partial charge on any atom is -0.453 e. The summed E-state index contributed by atoms with van der Waals surface area (Å²) in [6.45, 7) is 0. The van der Waals surface area contributed by atoms with Crippen molar-refractivity contribution in [1.29, 1.82) is 0 Å². The van der Waals surface area contributed by atoms with Crippen LogP contribution in [0, 0.1) is 0 Å². The molecule has 0 N–H and O–H groups in total. The smallest absolute Gasteiger partial charge is 0.155 e. The first kappa shape index (κ1) is 10.9. The standard InChI is InChI=1S/C16H12ClNO/c1-18-13-8-3-2-5-10(13)9-14-15(18)11-6-4-7-12(17)16(11)19-14/h2-9,13H,1H3. The van der Waals surface area contributed by atoms with E-state index in [2.05, 4.69) is 48.4 Å². The molecule has 2 heterocycles. The summed E-state index contributed by atoms with van der Waals surface area (Å²) in [5.41, 5.74) is 3.13. The summed E-state index contributed by atoms with van der Waals surface area (Å²) in [5, 5.41) is 1.73. The van der Waals surface area contributed by atoms with Crippen molar-refractivity contribution in [2.75, 3.05) is 11.9 Å². The Morgan fingerprint density at radius 1 is 1.26 bits per heavy atom. The van der Waals surface area contributed by atoms with Crippen molar-refractivity contribution >= 4 is 34.3 Å². The van der Waals surface area contributed by atoms with Crippen LogP contribution >= 0.6 is 11.6 Å². The number of fused-ring (bicyclic) bond motifs is 4. The van der Waals surface area contributed by atoms with E-state index in [1.165, 1.54) is 5.57 Å². The summed E-state index contributed by atoms with van der Waals surface area (Å²) in [4.78, 5) is 2.24. The van der Waals surface area contributed by atoms with E-state index in [0.717, 1.165) is 22.4 Å². The zero-order valence-corrected chi connectivity index (χ0v) is 11.2. The van der Waals surface area contributed by atoms with Gasteiger partial charge in [-0.2, -0.15) is 0 Å². The van der Waals surface area contributed by atoms with Crippen LogP contribution in [-0.2, 0) is 0 Å². The first-order valence-electron chi connectivity index (χ1n) is 6.26. The Morgan fingerprint density at radius 3 is 3.05 bits per heavy atom. The van der Waals surface area contributed by atoms with E-state index in [-0.39, 0.29) is 6.04 Å². The largest absolute Gasteiger partial charge is 0.453 e. The molecule has 1 atom stereocenters. The van der Waals surface area contributed by atoms with Crippen molar-refractivity contribution in [1.82, 2.24) is 0 Å². The van der Waals surface area contributed by atoms with Crippen LogP contribution in [0.1, 0.15) is 5.76 Å². The first-order chi connectivity index (χ1) is 9.25. The van der Waals surface area contributed by atoms with Crippen LogP contribution in [0.2, 0.25) is 5.02 Å². The molecule has 2 aromatic rings. The summed E-state index contributed by atoms with van der Waals surface area (Å²) in [5.74, 6) is 0.886. The Bertz CT molecular complexity index is 766. The quantitative estimate of drug-likeness (QED) is 0.704. The molecule has 0 fully saturated rings. The van der Waals surface area contributed by atoms with E-state index in [4.69, 9.17) is 16.0 Å². The van der Waals surface area contributed by atoms with Gasteiger partial charge in [0.2, 0.25) is 0 Å². The molecule has 1 aliphatic heterocycles. The maximum atomic E-state index is 6.22. The van der Waals surface area contributed by atoms with Gasteiger partial charge in [-0.1, -0.05) is 42.0 Å². The average molecular weight is 270 g/mol. The number of likely N-dealkylation sites (N-methyl/N-ethyl adjacent to an activating group) is 1. The number of para-hydroxylation sites is 1. The lowest BCUT2D eigenvalue weighted by molar-refractivity contribution is 0.598. The van der Waals surface area contributed by atoms with Gasteiger partial charge in [-0.05, 0) is 23.8 Å². The van der Waals surface area contributed by atoms with Gasteiger partial charge in [0.25, 0.3) is 0 Å². The summed E-state index contributed by atoms with van der Waals surface area (Å²) >= 11 is 6.22. The normalized spacial score (nSPS) is 20.4. The molecular formula is C16H12ClNO. The third kappa shape index (κ3) is 1.44. The molecule has 1 aromatic heterocycles. The minimum atomic E-state index is 0.275. The number of allylic oxidation sites excluding steroid dienone is 2. The van der Waals surface area contributed by atoms with Crippen LogP contribution in [-0.4, -0.2) is 13.1 Å². The highest BCUT2D eigenvalue weighted by molar-refractivity contribution is 6.35. The highest BCUT2D eigenvalue weighted by Gasteiger charge is 2.28. The Kier molecular flexibility index (Phi) is 2.18. The van der Waals surface area contributed by atoms with Crippen LogP contribution in [0.4, 0.5) is 5.69 Å². The fraction of sp³-hybridized carbons (Fsp3) is 0.125. The molecule has 2 nitrogen and oxygen atoms in total. The molecule has 0 spiro atoms. The van der Waals surface area contributed by atoms with E-state index < -0.39 is 0 Å². The zero-order valence-electron chi connectivity index (χ0n) is 10.4. The second kappa shape index (κ2) is 3.78. The number of anilines is 1. The lowest BCUT2D eigenvalue weighted by atomic mass is 9.95. The van der Waals surface area contributed by atoms with Gasteiger partial charge in [-0.25, -0.2) is 0 Å². The van der Waals surface area contributed by atoms with Crippen molar-refractivity contribution in [2.24, 2.45) is 0 Å². The molecule has 19 heavy (non-hydrogen) atoms. The molecule has 1 aliphatic carbocycles. The molecule has 1 unspecified atom stereocenters. The van der Waals surface area contributed by atoms with Crippen LogP contribution in [0.5, 0.6) is 0 Å². The molecule has 0 saturated carbocycles. The minimum absolute atomic E-state index is 0.275. The van der Waals surface area contributed by atoms with E-state index in [1.807, 2.05) is 12.1 Å². The van der Waals surface area contributed by atoms with E-state index in [1.54, 1.807) is 0 Å². The lowest BCUT2D eigenvalue weighted by Gasteiger charge is -2.32. The third-order valence-electron chi connectivity index (χ3n) is 3.77. The highest BCUT2D eigenvalue weighted by Crippen LogP contribution is 2.43. The van der Waals surface area contributed by atoms with E-state index >= 15 is 0 Å². The average Bonchev–Trinajstić information content (AvgIpc) is 2.79. The Hall–Kier alpha value is -1.93. The van der Waals surface area contributed by atoms with Crippen molar-refractivity contribution in [2.45, 2.75) is 6.04 Å². The lowest BCUT2D eigenvalue weighted by Crippen LogP contribution is -2.34. The predicted octanol–water partition coefficient (Wildman–Crippen LogP) is 4.41. The summed E-state index contributed by atoms with van der Waals surface area (Å²) in [6, 6.07) is 6.15. The van der Waals surface area contributed by atoms with Crippen molar-refractivity contribution in [3.05, 3.63) is 58.9 Å². The predicted molar refractivity (Wildman–Crippen MR) is 79.7 cm³/mol. The summed E-state index contributed by atoms with van der Waals surface area (Å²) in [7, 11) is 2.09. The number of hydrogen-bond donors (Lipinski definition) is 0.